The maximum absolute atomic E-state index is 8.92. The minimum atomic E-state index is 0.436. The molecule has 114 valence electrons. The lowest BCUT2D eigenvalue weighted by atomic mass is 10.1. The molecule has 2 aromatic carbocycles. The van der Waals surface area contributed by atoms with Crippen molar-refractivity contribution in [3.63, 3.8) is 0 Å². The third-order valence-electron chi connectivity index (χ3n) is 3.22. The summed E-state index contributed by atoms with van der Waals surface area (Å²) in [6.07, 6.45) is 1.80. The maximum atomic E-state index is 8.92. The van der Waals surface area contributed by atoms with Gasteiger partial charge in [0.25, 0.3) is 0 Å². The van der Waals surface area contributed by atoms with Gasteiger partial charge in [-0.2, -0.15) is 5.26 Å². The minimum Gasteiger partial charge on any atom is -0.489 e. The van der Waals surface area contributed by atoms with Crippen LogP contribution in [0.1, 0.15) is 16.1 Å². The van der Waals surface area contributed by atoms with E-state index in [0.29, 0.717) is 18.7 Å². The van der Waals surface area contributed by atoms with Gasteiger partial charge in [-0.05, 0) is 29.8 Å². The van der Waals surface area contributed by atoms with Gasteiger partial charge in [0.15, 0.2) is 0 Å². The van der Waals surface area contributed by atoms with E-state index in [1.807, 2.05) is 47.8 Å². The van der Waals surface area contributed by atoms with Crippen molar-refractivity contribution in [1.29, 1.82) is 5.26 Å². The van der Waals surface area contributed by atoms with Crippen LogP contribution < -0.4 is 10.1 Å². The third kappa shape index (κ3) is 4.31. The SMILES string of the molecule is N#Cc1cccc(COc2cccc(NCc3nccs3)c2)c1. The molecule has 0 aliphatic rings. The van der Waals surface area contributed by atoms with Crippen LogP contribution in [0.4, 0.5) is 5.69 Å². The maximum Gasteiger partial charge on any atom is 0.121 e. The molecule has 0 aliphatic carbocycles. The number of hydrogen-bond acceptors (Lipinski definition) is 5. The van der Waals surface area contributed by atoms with Crippen molar-refractivity contribution in [2.24, 2.45) is 0 Å². The summed E-state index contributed by atoms with van der Waals surface area (Å²) in [4.78, 5) is 4.24. The van der Waals surface area contributed by atoms with Gasteiger partial charge in [-0.3, -0.25) is 0 Å². The molecule has 0 spiro atoms. The number of hydrogen-bond donors (Lipinski definition) is 1. The Hall–Kier alpha value is -2.84. The van der Waals surface area contributed by atoms with Crippen molar-refractivity contribution in [2.75, 3.05) is 5.32 Å². The highest BCUT2D eigenvalue weighted by molar-refractivity contribution is 7.09. The summed E-state index contributed by atoms with van der Waals surface area (Å²) in [5.41, 5.74) is 2.61. The van der Waals surface area contributed by atoms with Gasteiger partial charge < -0.3 is 10.1 Å². The molecule has 0 atom stereocenters. The number of nitrogens with zero attached hydrogens (tertiary/aromatic N) is 2. The van der Waals surface area contributed by atoms with Crippen molar-refractivity contribution in [2.45, 2.75) is 13.2 Å². The van der Waals surface area contributed by atoms with Crippen molar-refractivity contribution in [3.05, 3.63) is 76.2 Å². The normalized spacial score (nSPS) is 10.0. The molecule has 1 N–H and O–H groups in total. The summed E-state index contributed by atoms with van der Waals surface area (Å²) in [6.45, 7) is 1.14. The molecule has 23 heavy (non-hydrogen) atoms. The summed E-state index contributed by atoms with van der Waals surface area (Å²) in [7, 11) is 0. The second-order valence-electron chi connectivity index (χ2n) is 4.91. The van der Waals surface area contributed by atoms with E-state index in [-0.39, 0.29) is 0 Å². The van der Waals surface area contributed by atoms with Gasteiger partial charge in [0.1, 0.15) is 17.4 Å². The fourth-order valence-corrected chi connectivity index (χ4v) is 2.67. The molecule has 0 unspecified atom stereocenters. The Bertz CT molecular complexity index is 809. The number of benzene rings is 2. The molecule has 5 heteroatoms. The molecule has 0 bridgehead atoms. The van der Waals surface area contributed by atoms with Crippen LogP contribution in [0.3, 0.4) is 0 Å². The first kappa shape index (κ1) is 15.1. The largest absolute Gasteiger partial charge is 0.489 e. The summed E-state index contributed by atoms with van der Waals surface area (Å²) < 4.78 is 5.81. The van der Waals surface area contributed by atoms with E-state index in [1.54, 1.807) is 23.6 Å². The average molecular weight is 321 g/mol. The predicted molar refractivity (Wildman–Crippen MR) is 91.4 cm³/mol. The lowest BCUT2D eigenvalue weighted by molar-refractivity contribution is 0.306. The molecular weight excluding hydrogens is 306 g/mol. The van der Waals surface area contributed by atoms with E-state index in [4.69, 9.17) is 10.00 Å². The minimum absolute atomic E-state index is 0.436. The summed E-state index contributed by atoms with van der Waals surface area (Å²) in [6, 6.07) is 17.4. The molecule has 1 aromatic heterocycles. The summed E-state index contributed by atoms with van der Waals surface area (Å²) in [5, 5.41) is 15.3. The monoisotopic (exact) mass is 321 g/mol. The van der Waals surface area contributed by atoms with Gasteiger partial charge in [0.2, 0.25) is 0 Å². The molecule has 0 saturated heterocycles. The first-order valence-electron chi connectivity index (χ1n) is 7.17. The Morgan fingerprint density at radius 3 is 2.91 bits per heavy atom. The zero-order chi connectivity index (χ0) is 15.9. The molecule has 3 aromatic rings. The van der Waals surface area contributed by atoms with Crippen LogP contribution in [-0.2, 0) is 13.2 Å². The van der Waals surface area contributed by atoms with E-state index in [0.717, 1.165) is 22.0 Å². The molecule has 0 fully saturated rings. The molecule has 4 nitrogen and oxygen atoms in total. The standard InChI is InChI=1S/C18H15N3OS/c19-11-14-3-1-4-15(9-14)13-22-17-6-2-5-16(10-17)21-12-18-20-7-8-23-18/h1-10,21H,12-13H2. The highest BCUT2D eigenvalue weighted by Crippen LogP contribution is 2.20. The Morgan fingerprint density at radius 2 is 2.09 bits per heavy atom. The number of anilines is 1. The average Bonchev–Trinajstić information content (AvgIpc) is 3.12. The number of rotatable bonds is 6. The zero-order valence-electron chi connectivity index (χ0n) is 12.4. The van der Waals surface area contributed by atoms with Gasteiger partial charge in [-0.15, -0.1) is 11.3 Å². The van der Waals surface area contributed by atoms with Gasteiger partial charge in [0, 0.05) is 23.3 Å². The van der Waals surface area contributed by atoms with Crippen molar-refractivity contribution >= 4 is 17.0 Å². The fourth-order valence-electron chi connectivity index (χ4n) is 2.11. The lowest BCUT2D eigenvalue weighted by Crippen LogP contribution is -2.00. The first-order valence-corrected chi connectivity index (χ1v) is 8.05. The molecule has 0 aliphatic heterocycles. The van der Waals surface area contributed by atoms with Crippen molar-refractivity contribution in [1.82, 2.24) is 4.98 Å². The fraction of sp³-hybridized carbons (Fsp3) is 0.111. The topological polar surface area (TPSA) is 57.9 Å². The molecular formula is C18H15N3OS. The van der Waals surface area contributed by atoms with E-state index in [2.05, 4.69) is 16.4 Å². The van der Waals surface area contributed by atoms with Crippen LogP contribution in [0.2, 0.25) is 0 Å². The smallest absolute Gasteiger partial charge is 0.121 e. The van der Waals surface area contributed by atoms with Crippen LogP contribution in [0, 0.1) is 11.3 Å². The molecule has 1 heterocycles. The Balaban J connectivity index is 1.59. The van der Waals surface area contributed by atoms with Crippen LogP contribution in [-0.4, -0.2) is 4.98 Å². The van der Waals surface area contributed by atoms with E-state index < -0.39 is 0 Å². The molecule has 0 radical (unpaired) electrons. The van der Waals surface area contributed by atoms with E-state index in [9.17, 15) is 0 Å². The number of nitrogens with one attached hydrogen (secondary N) is 1. The zero-order valence-corrected chi connectivity index (χ0v) is 13.2. The molecule has 3 rings (SSSR count). The highest BCUT2D eigenvalue weighted by Gasteiger charge is 2.01. The van der Waals surface area contributed by atoms with Crippen LogP contribution in [0.25, 0.3) is 0 Å². The van der Waals surface area contributed by atoms with Crippen LogP contribution in [0.5, 0.6) is 5.75 Å². The van der Waals surface area contributed by atoms with Crippen LogP contribution >= 0.6 is 11.3 Å². The van der Waals surface area contributed by atoms with Gasteiger partial charge in [0.05, 0.1) is 18.2 Å². The van der Waals surface area contributed by atoms with Crippen molar-refractivity contribution in [3.8, 4) is 11.8 Å². The lowest BCUT2D eigenvalue weighted by Gasteiger charge is -2.09. The van der Waals surface area contributed by atoms with Gasteiger partial charge in [-0.1, -0.05) is 18.2 Å². The second kappa shape index (κ2) is 7.43. The Labute approximate surface area is 139 Å². The highest BCUT2D eigenvalue weighted by atomic mass is 32.1. The number of aromatic nitrogens is 1. The van der Waals surface area contributed by atoms with Gasteiger partial charge in [-0.25, -0.2) is 4.98 Å². The molecule has 0 saturated carbocycles. The Morgan fingerprint density at radius 1 is 1.17 bits per heavy atom. The van der Waals surface area contributed by atoms with Crippen molar-refractivity contribution < 1.29 is 4.74 Å². The van der Waals surface area contributed by atoms with Crippen LogP contribution in [0.15, 0.2) is 60.1 Å². The van der Waals surface area contributed by atoms with E-state index in [1.165, 1.54) is 0 Å². The number of thiazole rings is 1. The second-order valence-corrected chi connectivity index (χ2v) is 5.89. The Kier molecular flexibility index (Phi) is 4.87. The molecule has 0 amide bonds. The number of nitriles is 1. The number of ether oxygens (including phenoxy) is 1. The van der Waals surface area contributed by atoms with E-state index >= 15 is 0 Å². The quantitative estimate of drug-likeness (QED) is 0.739. The summed E-state index contributed by atoms with van der Waals surface area (Å²) in [5.74, 6) is 0.788. The predicted octanol–water partition coefficient (Wildman–Crippen LogP) is 4.21. The third-order valence-corrected chi connectivity index (χ3v) is 4.00. The first-order chi connectivity index (χ1) is 11.3. The van der Waals surface area contributed by atoms with Gasteiger partial charge >= 0.3 is 0 Å². The summed E-state index contributed by atoms with van der Waals surface area (Å²) >= 11 is 1.63.